The first-order valence-corrected chi connectivity index (χ1v) is 10.8. The Hall–Kier alpha value is -4.52. The first kappa shape index (κ1) is 21.3. The van der Waals surface area contributed by atoms with E-state index in [4.69, 9.17) is 8.83 Å². The third kappa shape index (κ3) is 4.36. The van der Waals surface area contributed by atoms with Crippen LogP contribution in [0.3, 0.4) is 0 Å². The number of oxazole rings is 1. The van der Waals surface area contributed by atoms with Gasteiger partial charge in [-0.1, -0.05) is 23.8 Å². The Labute approximate surface area is 196 Å². The monoisotopic (exact) mass is 450 g/mol. The van der Waals surface area contributed by atoms with Gasteiger partial charge in [0, 0.05) is 27.9 Å². The lowest BCUT2D eigenvalue weighted by atomic mass is 10.1. The molecule has 0 aliphatic rings. The minimum Gasteiger partial charge on any atom is -0.441 e. The molecule has 7 heteroatoms. The number of carbonyl (C=O) groups excluding carboxylic acids is 1. The molecule has 0 fully saturated rings. The van der Waals surface area contributed by atoms with Crippen LogP contribution in [0.5, 0.6) is 0 Å². The molecule has 0 atom stereocenters. The Bertz CT molecular complexity index is 1460. The molecule has 1 amide bonds. The van der Waals surface area contributed by atoms with Crippen LogP contribution in [0.4, 0.5) is 5.69 Å². The molecule has 0 aliphatic heterocycles. The number of carbonyl (C=O) groups is 1. The van der Waals surface area contributed by atoms with Crippen molar-refractivity contribution in [1.29, 1.82) is 0 Å². The summed E-state index contributed by atoms with van der Waals surface area (Å²) in [6.07, 6.45) is 0. The molecule has 0 saturated carbocycles. The van der Waals surface area contributed by atoms with Crippen LogP contribution in [-0.2, 0) is 0 Å². The molecular weight excluding hydrogens is 428 g/mol. The van der Waals surface area contributed by atoms with Crippen molar-refractivity contribution in [3.05, 3.63) is 95.4 Å². The Morgan fingerprint density at radius 3 is 2.09 bits per heavy atom. The second-order valence-corrected chi connectivity index (χ2v) is 8.05. The lowest BCUT2D eigenvalue weighted by Crippen LogP contribution is -2.11. The summed E-state index contributed by atoms with van der Waals surface area (Å²) >= 11 is 0. The molecule has 1 N–H and O–H groups in total. The molecule has 0 radical (unpaired) electrons. The highest BCUT2D eigenvalue weighted by atomic mass is 16.4. The maximum absolute atomic E-state index is 12.8. The summed E-state index contributed by atoms with van der Waals surface area (Å²) in [6, 6.07) is 22.3. The van der Waals surface area contributed by atoms with Gasteiger partial charge in [-0.05, 0) is 75.4 Å². The molecule has 168 valence electrons. The SMILES string of the molecule is Cc1cccc(-c2nnc(-c3ccc(C(=O)Nc4cccc(-c5nc(C)c(C)o5)c4)cc3)o2)c1. The summed E-state index contributed by atoms with van der Waals surface area (Å²) in [5, 5.41) is 11.2. The van der Waals surface area contributed by atoms with E-state index in [2.05, 4.69) is 20.5 Å². The zero-order chi connectivity index (χ0) is 23.7. The van der Waals surface area contributed by atoms with E-state index in [1.807, 2.05) is 69.3 Å². The van der Waals surface area contributed by atoms with E-state index in [1.54, 1.807) is 24.3 Å². The molecule has 0 aliphatic carbocycles. The number of nitrogens with one attached hydrogen (secondary N) is 1. The van der Waals surface area contributed by atoms with Gasteiger partial charge in [0.05, 0.1) is 5.69 Å². The average molecular weight is 450 g/mol. The molecule has 0 unspecified atom stereocenters. The molecule has 2 aromatic heterocycles. The number of benzene rings is 3. The highest BCUT2D eigenvalue weighted by Crippen LogP contribution is 2.26. The molecule has 7 nitrogen and oxygen atoms in total. The molecule has 5 aromatic rings. The first-order chi connectivity index (χ1) is 16.5. The summed E-state index contributed by atoms with van der Waals surface area (Å²) in [7, 11) is 0. The average Bonchev–Trinajstić information content (AvgIpc) is 3.46. The number of aryl methyl sites for hydroxylation is 3. The second kappa shape index (κ2) is 8.78. The van der Waals surface area contributed by atoms with Gasteiger partial charge in [-0.2, -0.15) is 0 Å². The summed E-state index contributed by atoms with van der Waals surface area (Å²) in [5.74, 6) is 1.93. The zero-order valence-electron chi connectivity index (χ0n) is 19.0. The highest BCUT2D eigenvalue weighted by molar-refractivity contribution is 6.04. The van der Waals surface area contributed by atoms with Crippen LogP contribution >= 0.6 is 0 Å². The van der Waals surface area contributed by atoms with Crippen LogP contribution in [0, 0.1) is 20.8 Å². The molecule has 34 heavy (non-hydrogen) atoms. The molecule has 0 bridgehead atoms. The van der Waals surface area contributed by atoms with Gasteiger partial charge >= 0.3 is 0 Å². The van der Waals surface area contributed by atoms with Gasteiger partial charge in [0.15, 0.2) is 0 Å². The Kier molecular flexibility index (Phi) is 5.51. The van der Waals surface area contributed by atoms with E-state index < -0.39 is 0 Å². The van der Waals surface area contributed by atoms with Crippen LogP contribution in [0.15, 0.2) is 81.6 Å². The van der Waals surface area contributed by atoms with Crippen LogP contribution in [0.1, 0.15) is 27.4 Å². The molecule has 0 spiro atoms. The fourth-order valence-electron chi connectivity index (χ4n) is 3.53. The zero-order valence-corrected chi connectivity index (χ0v) is 19.0. The predicted molar refractivity (Wildman–Crippen MR) is 129 cm³/mol. The van der Waals surface area contributed by atoms with Crippen LogP contribution < -0.4 is 5.32 Å². The quantitative estimate of drug-likeness (QED) is 0.341. The Balaban J connectivity index is 1.31. The molecule has 0 saturated heterocycles. The first-order valence-electron chi connectivity index (χ1n) is 10.8. The largest absolute Gasteiger partial charge is 0.441 e. The van der Waals surface area contributed by atoms with Gasteiger partial charge in [0.25, 0.3) is 5.91 Å². The lowest BCUT2D eigenvalue weighted by molar-refractivity contribution is 0.102. The van der Waals surface area contributed by atoms with Crippen molar-refractivity contribution in [2.45, 2.75) is 20.8 Å². The van der Waals surface area contributed by atoms with Gasteiger partial charge < -0.3 is 14.2 Å². The van der Waals surface area contributed by atoms with Gasteiger partial charge in [-0.3, -0.25) is 4.79 Å². The Morgan fingerprint density at radius 2 is 1.41 bits per heavy atom. The number of rotatable bonds is 5. The van der Waals surface area contributed by atoms with E-state index in [0.29, 0.717) is 28.9 Å². The summed E-state index contributed by atoms with van der Waals surface area (Å²) in [4.78, 5) is 17.2. The lowest BCUT2D eigenvalue weighted by Gasteiger charge is -2.07. The van der Waals surface area contributed by atoms with Crippen molar-refractivity contribution in [1.82, 2.24) is 15.2 Å². The van der Waals surface area contributed by atoms with Gasteiger partial charge in [0.1, 0.15) is 5.76 Å². The number of hydrogen-bond donors (Lipinski definition) is 1. The fraction of sp³-hybridized carbons (Fsp3) is 0.111. The molecule has 3 aromatic carbocycles. The number of aromatic nitrogens is 3. The van der Waals surface area contributed by atoms with E-state index in [-0.39, 0.29) is 5.91 Å². The minimum absolute atomic E-state index is 0.227. The maximum Gasteiger partial charge on any atom is 0.255 e. The number of amides is 1. The number of hydrogen-bond acceptors (Lipinski definition) is 6. The van der Waals surface area contributed by atoms with Gasteiger partial charge in [0.2, 0.25) is 17.7 Å². The molecule has 2 heterocycles. The van der Waals surface area contributed by atoms with Crippen LogP contribution in [0.2, 0.25) is 0 Å². The number of nitrogens with zero attached hydrogens (tertiary/aromatic N) is 3. The van der Waals surface area contributed by atoms with E-state index >= 15 is 0 Å². The van der Waals surface area contributed by atoms with Crippen molar-refractivity contribution < 1.29 is 13.6 Å². The van der Waals surface area contributed by atoms with E-state index in [1.165, 1.54) is 0 Å². The normalized spacial score (nSPS) is 10.9. The van der Waals surface area contributed by atoms with Crippen LogP contribution in [0.25, 0.3) is 34.4 Å². The predicted octanol–water partition coefficient (Wildman–Crippen LogP) is 6.24. The van der Waals surface area contributed by atoms with Gasteiger partial charge in [-0.25, -0.2) is 4.98 Å². The van der Waals surface area contributed by atoms with Gasteiger partial charge in [-0.15, -0.1) is 10.2 Å². The van der Waals surface area contributed by atoms with Crippen molar-refractivity contribution in [2.24, 2.45) is 0 Å². The molecular formula is C27H22N4O3. The molecule has 5 rings (SSSR count). The fourth-order valence-corrected chi connectivity index (χ4v) is 3.53. The van der Waals surface area contributed by atoms with E-state index in [0.717, 1.165) is 33.7 Å². The minimum atomic E-state index is -0.227. The van der Waals surface area contributed by atoms with Crippen molar-refractivity contribution in [2.75, 3.05) is 5.32 Å². The third-order valence-electron chi connectivity index (χ3n) is 5.48. The van der Waals surface area contributed by atoms with Crippen LogP contribution in [-0.4, -0.2) is 21.1 Å². The maximum atomic E-state index is 12.8. The summed E-state index contributed by atoms with van der Waals surface area (Å²) < 4.78 is 11.5. The van der Waals surface area contributed by atoms with Crippen molar-refractivity contribution in [3.8, 4) is 34.4 Å². The van der Waals surface area contributed by atoms with Crippen molar-refractivity contribution in [3.63, 3.8) is 0 Å². The smallest absolute Gasteiger partial charge is 0.255 e. The topological polar surface area (TPSA) is 94.1 Å². The Morgan fingerprint density at radius 1 is 0.735 bits per heavy atom. The standard InChI is InChI=1S/C27H22N4O3/c1-16-6-4-7-21(14-16)27-31-30-26(34-27)20-12-10-19(11-13-20)24(32)29-23-9-5-8-22(15-23)25-28-17(2)18(3)33-25/h4-15H,1-3H3,(H,29,32). The summed E-state index contributed by atoms with van der Waals surface area (Å²) in [5.41, 5.74) is 5.52. The summed E-state index contributed by atoms with van der Waals surface area (Å²) in [6.45, 7) is 5.78. The second-order valence-electron chi connectivity index (χ2n) is 8.05. The van der Waals surface area contributed by atoms with E-state index in [9.17, 15) is 4.79 Å². The third-order valence-corrected chi connectivity index (χ3v) is 5.48. The highest BCUT2D eigenvalue weighted by Gasteiger charge is 2.13. The van der Waals surface area contributed by atoms with Crippen molar-refractivity contribution >= 4 is 11.6 Å². The number of anilines is 1.